The van der Waals surface area contributed by atoms with Crippen molar-refractivity contribution in [1.29, 1.82) is 0 Å². The van der Waals surface area contributed by atoms with Gasteiger partial charge in [-0.05, 0) is 41.5 Å². The Bertz CT molecular complexity index is 836. The lowest BCUT2D eigenvalue weighted by Crippen LogP contribution is -1.95. The van der Waals surface area contributed by atoms with Crippen molar-refractivity contribution >= 4 is 10.9 Å². The molecule has 2 aromatic carbocycles. The van der Waals surface area contributed by atoms with E-state index in [0.29, 0.717) is 22.6 Å². The normalized spacial score (nSPS) is 10.6. The van der Waals surface area contributed by atoms with E-state index in [1.807, 2.05) is 30.3 Å². The zero-order valence-electron chi connectivity index (χ0n) is 13.2. The topological polar surface area (TPSA) is 60.8 Å². The Kier molecular flexibility index (Phi) is 3.93. The first-order valence-corrected chi connectivity index (χ1v) is 7.06. The molecule has 0 amide bonds. The summed E-state index contributed by atoms with van der Waals surface area (Å²) in [7, 11) is 4.74. The van der Waals surface area contributed by atoms with Gasteiger partial charge >= 0.3 is 0 Å². The van der Waals surface area contributed by atoms with E-state index in [1.54, 1.807) is 33.6 Å². The molecule has 5 heteroatoms. The molecule has 0 fully saturated rings. The van der Waals surface area contributed by atoms with Gasteiger partial charge in [0, 0.05) is 11.6 Å². The summed E-state index contributed by atoms with van der Waals surface area (Å²) in [6.45, 7) is 0. The van der Waals surface area contributed by atoms with Gasteiger partial charge in [-0.15, -0.1) is 0 Å². The average Bonchev–Trinajstić information content (AvgIpc) is 2.60. The van der Waals surface area contributed by atoms with E-state index in [1.165, 1.54) is 0 Å². The average molecular weight is 311 g/mol. The van der Waals surface area contributed by atoms with Gasteiger partial charge in [-0.3, -0.25) is 4.98 Å². The van der Waals surface area contributed by atoms with Crippen LogP contribution in [0.2, 0.25) is 0 Å². The van der Waals surface area contributed by atoms with Crippen LogP contribution in [0.5, 0.6) is 23.0 Å². The Morgan fingerprint density at radius 1 is 0.826 bits per heavy atom. The summed E-state index contributed by atoms with van der Waals surface area (Å²) >= 11 is 0. The van der Waals surface area contributed by atoms with Crippen LogP contribution in [0.3, 0.4) is 0 Å². The molecular weight excluding hydrogens is 294 g/mol. The summed E-state index contributed by atoms with van der Waals surface area (Å²) in [5.41, 5.74) is 2.57. The standard InChI is InChI=1S/C18H17NO4/c1-21-16-9-12(10-17(22-2)18(16)23-3)11-4-5-13-14(8-11)19-7-6-15(13)20/h4-10H,1-3H3,(H,19,20). The molecule has 1 N–H and O–H groups in total. The van der Waals surface area contributed by atoms with E-state index in [-0.39, 0.29) is 5.75 Å². The Labute approximate surface area is 134 Å². The molecule has 0 aliphatic heterocycles. The zero-order chi connectivity index (χ0) is 16.4. The summed E-state index contributed by atoms with van der Waals surface area (Å²) < 4.78 is 16.1. The van der Waals surface area contributed by atoms with Crippen molar-refractivity contribution in [2.75, 3.05) is 21.3 Å². The Morgan fingerprint density at radius 2 is 1.52 bits per heavy atom. The maximum atomic E-state index is 9.87. The van der Waals surface area contributed by atoms with Gasteiger partial charge in [-0.1, -0.05) is 6.07 Å². The molecule has 118 valence electrons. The summed E-state index contributed by atoms with van der Waals surface area (Å²) in [4.78, 5) is 4.30. The second-order valence-electron chi connectivity index (χ2n) is 4.98. The molecule has 0 aliphatic carbocycles. The first-order chi connectivity index (χ1) is 11.2. The fourth-order valence-corrected chi connectivity index (χ4v) is 2.56. The Hall–Kier alpha value is -2.95. The van der Waals surface area contributed by atoms with E-state index in [4.69, 9.17) is 14.2 Å². The van der Waals surface area contributed by atoms with Gasteiger partial charge < -0.3 is 19.3 Å². The van der Waals surface area contributed by atoms with Gasteiger partial charge in [0.2, 0.25) is 5.75 Å². The highest BCUT2D eigenvalue weighted by atomic mass is 16.5. The predicted octanol–water partition coefficient (Wildman–Crippen LogP) is 3.63. The monoisotopic (exact) mass is 311 g/mol. The van der Waals surface area contributed by atoms with Crippen molar-refractivity contribution in [2.24, 2.45) is 0 Å². The highest BCUT2D eigenvalue weighted by Crippen LogP contribution is 2.41. The van der Waals surface area contributed by atoms with Gasteiger partial charge in [-0.25, -0.2) is 0 Å². The van der Waals surface area contributed by atoms with E-state index >= 15 is 0 Å². The zero-order valence-corrected chi connectivity index (χ0v) is 13.2. The first kappa shape index (κ1) is 15.0. The van der Waals surface area contributed by atoms with Crippen LogP contribution >= 0.6 is 0 Å². The van der Waals surface area contributed by atoms with Crippen LogP contribution in [0, 0.1) is 0 Å². The van der Waals surface area contributed by atoms with E-state index in [9.17, 15) is 5.11 Å². The van der Waals surface area contributed by atoms with Crippen molar-refractivity contribution in [1.82, 2.24) is 4.98 Å². The maximum absolute atomic E-state index is 9.87. The SMILES string of the molecule is COc1cc(-c2ccc3c(O)ccnc3c2)cc(OC)c1OC. The number of fused-ring (bicyclic) bond motifs is 1. The molecule has 5 nitrogen and oxygen atoms in total. The van der Waals surface area contributed by atoms with Crippen LogP contribution < -0.4 is 14.2 Å². The van der Waals surface area contributed by atoms with Crippen molar-refractivity contribution in [2.45, 2.75) is 0 Å². The lowest BCUT2D eigenvalue weighted by atomic mass is 10.0. The van der Waals surface area contributed by atoms with Crippen LogP contribution in [0.4, 0.5) is 0 Å². The third-order valence-corrected chi connectivity index (χ3v) is 3.72. The van der Waals surface area contributed by atoms with Crippen molar-refractivity contribution < 1.29 is 19.3 Å². The fourth-order valence-electron chi connectivity index (χ4n) is 2.56. The van der Waals surface area contributed by atoms with Crippen molar-refractivity contribution in [3.63, 3.8) is 0 Å². The number of pyridine rings is 1. The predicted molar refractivity (Wildman–Crippen MR) is 88.5 cm³/mol. The fraction of sp³-hybridized carbons (Fsp3) is 0.167. The molecule has 0 aliphatic rings. The van der Waals surface area contributed by atoms with Gasteiger partial charge in [-0.2, -0.15) is 0 Å². The third-order valence-electron chi connectivity index (χ3n) is 3.72. The third kappa shape index (κ3) is 2.61. The largest absolute Gasteiger partial charge is 0.507 e. The number of methoxy groups -OCH3 is 3. The number of benzene rings is 2. The second-order valence-corrected chi connectivity index (χ2v) is 4.98. The molecule has 3 rings (SSSR count). The molecule has 3 aromatic rings. The molecule has 1 aromatic heterocycles. The molecular formula is C18H17NO4. The molecule has 0 unspecified atom stereocenters. The van der Waals surface area contributed by atoms with Crippen molar-refractivity contribution in [3.05, 3.63) is 42.6 Å². The van der Waals surface area contributed by atoms with Gasteiger partial charge in [0.1, 0.15) is 5.75 Å². The number of aromatic nitrogens is 1. The van der Waals surface area contributed by atoms with Gasteiger partial charge in [0.05, 0.1) is 26.8 Å². The van der Waals surface area contributed by atoms with Gasteiger partial charge in [0.15, 0.2) is 11.5 Å². The van der Waals surface area contributed by atoms with E-state index in [2.05, 4.69) is 4.98 Å². The highest BCUT2D eigenvalue weighted by molar-refractivity contribution is 5.89. The number of hydrogen-bond donors (Lipinski definition) is 1. The minimum atomic E-state index is 0.214. The van der Waals surface area contributed by atoms with Crippen molar-refractivity contribution in [3.8, 4) is 34.1 Å². The first-order valence-electron chi connectivity index (χ1n) is 7.06. The number of ether oxygens (including phenoxy) is 3. The molecule has 0 atom stereocenters. The Balaban J connectivity index is 2.18. The molecule has 0 radical (unpaired) electrons. The highest BCUT2D eigenvalue weighted by Gasteiger charge is 2.14. The van der Waals surface area contributed by atoms with Crippen LogP contribution in [-0.4, -0.2) is 31.4 Å². The molecule has 0 saturated heterocycles. The van der Waals surface area contributed by atoms with Crippen LogP contribution in [0.1, 0.15) is 0 Å². The minimum Gasteiger partial charge on any atom is -0.507 e. The molecule has 23 heavy (non-hydrogen) atoms. The molecule has 0 spiro atoms. The second kappa shape index (κ2) is 6.04. The van der Waals surface area contributed by atoms with Crippen LogP contribution in [0.15, 0.2) is 42.6 Å². The van der Waals surface area contributed by atoms with Crippen LogP contribution in [-0.2, 0) is 0 Å². The summed E-state index contributed by atoms with van der Waals surface area (Å²) in [5.74, 6) is 1.94. The summed E-state index contributed by atoms with van der Waals surface area (Å²) in [6.07, 6.45) is 1.58. The summed E-state index contributed by atoms with van der Waals surface area (Å²) in [5, 5.41) is 10.6. The lowest BCUT2D eigenvalue weighted by molar-refractivity contribution is 0.324. The quantitative estimate of drug-likeness (QED) is 0.797. The number of nitrogens with zero attached hydrogens (tertiary/aromatic N) is 1. The molecule has 0 bridgehead atoms. The molecule has 0 saturated carbocycles. The van der Waals surface area contributed by atoms with E-state index < -0.39 is 0 Å². The maximum Gasteiger partial charge on any atom is 0.203 e. The lowest BCUT2D eigenvalue weighted by Gasteiger charge is -2.14. The number of aromatic hydroxyl groups is 1. The molecule has 1 heterocycles. The number of hydrogen-bond acceptors (Lipinski definition) is 5. The smallest absolute Gasteiger partial charge is 0.203 e. The number of rotatable bonds is 4. The summed E-state index contributed by atoms with van der Waals surface area (Å²) in [6, 6.07) is 11.0. The van der Waals surface area contributed by atoms with Crippen LogP contribution in [0.25, 0.3) is 22.0 Å². The van der Waals surface area contributed by atoms with E-state index in [0.717, 1.165) is 16.6 Å². The Morgan fingerprint density at radius 3 is 2.13 bits per heavy atom. The van der Waals surface area contributed by atoms with Gasteiger partial charge in [0.25, 0.3) is 0 Å². The minimum absolute atomic E-state index is 0.214.